The molecule has 0 N–H and O–H groups in total. The molecular formula is C14H14BrF2NO. The highest BCUT2D eigenvalue weighted by atomic mass is 79.9. The minimum Gasteiger partial charge on any atom is -0.349 e. The zero-order valence-corrected chi connectivity index (χ0v) is 12.4. The number of halogens is 3. The summed E-state index contributed by atoms with van der Waals surface area (Å²) in [5.74, 6) is 4.23. The van der Waals surface area contributed by atoms with Gasteiger partial charge in [0.05, 0.1) is 10.0 Å². The lowest BCUT2D eigenvalue weighted by Gasteiger charge is -2.08. The van der Waals surface area contributed by atoms with Crippen molar-refractivity contribution in [2.24, 2.45) is 0 Å². The lowest BCUT2D eigenvalue weighted by atomic mass is 10.2. The monoisotopic (exact) mass is 329 g/mol. The van der Waals surface area contributed by atoms with Gasteiger partial charge in [-0.2, -0.15) is 0 Å². The largest absolute Gasteiger partial charge is 0.349 e. The van der Waals surface area contributed by atoms with Crippen molar-refractivity contribution in [3.8, 4) is 11.8 Å². The molecular weight excluding hydrogens is 316 g/mol. The van der Waals surface area contributed by atoms with E-state index in [1.807, 2.05) is 0 Å². The van der Waals surface area contributed by atoms with Crippen LogP contribution in [0.25, 0.3) is 0 Å². The van der Waals surface area contributed by atoms with Gasteiger partial charge in [0.1, 0.15) is 11.6 Å². The molecule has 0 fully saturated rings. The summed E-state index contributed by atoms with van der Waals surface area (Å²) in [6.07, 6.45) is 1.47. The highest BCUT2D eigenvalue weighted by molar-refractivity contribution is 9.10. The normalized spacial score (nSPS) is 9.74. The number of hydrogen-bond donors (Lipinski definition) is 0. The summed E-state index contributed by atoms with van der Waals surface area (Å²) in [5.41, 5.74) is 0.0274. The molecule has 0 heterocycles. The Morgan fingerprint density at radius 2 is 2.00 bits per heavy atom. The number of amides is 1. The summed E-state index contributed by atoms with van der Waals surface area (Å²) >= 11 is 2.90. The highest BCUT2D eigenvalue weighted by Crippen LogP contribution is 2.19. The molecule has 0 aliphatic carbocycles. The Labute approximate surface area is 119 Å². The van der Waals surface area contributed by atoms with Crippen LogP contribution in [0, 0.1) is 23.5 Å². The first-order valence-electron chi connectivity index (χ1n) is 5.75. The van der Waals surface area contributed by atoms with Crippen molar-refractivity contribution in [3.63, 3.8) is 0 Å². The molecule has 0 radical (unpaired) electrons. The van der Waals surface area contributed by atoms with E-state index in [-0.39, 0.29) is 15.9 Å². The zero-order valence-electron chi connectivity index (χ0n) is 10.8. The van der Waals surface area contributed by atoms with E-state index in [1.54, 1.807) is 14.1 Å². The third-order valence-corrected chi connectivity index (χ3v) is 3.03. The van der Waals surface area contributed by atoms with Gasteiger partial charge in [0, 0.05) is 26.9 Å². The Kier molecular flexibility index (Phi) is 5.97. The smallest absolute Gasteiger partial charge is 0.222 e. The number of rotatable bonds is 3. The Bertz CT molecular complexity index is 532. The maximum atomic E-state index is 13.4. The first kappa shape index (κ1) is 15.6. The molecule has 0 atom stereocenters. The number of carbonyl (C=O) groups excluding carboxylic acids is 1. The third-order valence-electron chi connectivity index (χ3n) is 2.42. The molecule has 0 aromatic heterocycles. The van der Waals surface area contributed by atoms with Crippen molar-refractivity contribution in [1.29, 1.82) is 0 Å². The fraction of sp³-hybridized carbons (Fsp3) is 0.357. The summed E-state index contributed by atoms with van der Waals surface area (Å²) < 4.78 is 26.7. The highest BCUT2D eigenvalue weighted by Gasteiger charge is 2.06. The molecule has 1 rings (SSSR count). The molecule has 0 aliphatic heterocycles. The van der Waals surface area contributed by atoms with Crippen LogP contribution < -0.4 is 0 Å². The first-order chi connectivity index (χ1) is 8.91. The second-order valence-corrected chi connectivity index (χ2v) is 5.04. The predicted molar refractivity (Wildman–Crippen MR) is 73.5 cm³/mol. The van der Waals surface area contributed by atoms with Gasteiger partial charge in [-0.25, -0.2) is 8.78 Å². The molecule has 19 heavy (non-hydrogen) atoms. The topological polar surface area (TPSA) is 20.3 Å². The van der Waals surface area contributed by atoms with E-state index >= 15 is 0 Å². The molecule has 0 saturated carbocycles. The van der Waals surface area contributed by atoms with E-state index in [4.69, 9.17) is 0 Å². The van der Waals surface area contributed by atoms with Gasteiger partial charge in [-0.15, -0.1) is 0 Å². The summed E-state index contributed by atoms with van der Waals surface area (Å²) in [6.45, 7) is 0. The van der Waals surface area contributed by atoms with Crippen LogP contribution in [-0.2, 0) is 4.79 Å². The van der Waals surface area contributed by atoms with Crippen LogP contribution in [0.1, 0.15) is 24.8 Å². The molecule has 1 amide bonds. The maximum Gasteiger partial charge on any atom is 0.222 e. The van der Waals surface area contributed by atoms with E-state index < -0.39 is 11.6 Å². The van der Waals surface area contributed by atoms with Crippen molar-refractivity contribution in [2.75, 3.05) is 14.1 Å². The van der Waals surface area contributed by atoms with Gasteiger partial charge in [-0.3, -0.25) is 4.79 Å². The van der Waals surface area contributed by atoms with Gasteiger partial charge in [-0.05, 0) is 34.5 Å². The molecule has 1 aromatic rings. The van der Waals surface area contributed by atoms with E-state index in [1.165, 1.54) is 4.90 Å². The molecule has 0 saturated heterocycles. The predicted octanol–water partition coefficient (Wildman–Crippen LogP) is 3.34. The average Bonchev–Trinajstić information content (AvgIpc) is 2.34. The standard InChI is InChI=1S/C14H14BrF2NO/c1-18(2)14(19)7-5-3-4-6-10-8-13(17)11(15)9-12(10)16/h8-9H,3,5,7H2,1-2H3. The van der Waals surface area contributed by atoms with Crippen LogP contribution in [0.5, 0.6) is 0 Å². The second-order valence-electron chi connectivity index (χ2n) is 4.19. The van der Waals surface area contributed by atoms with Crippen LogP contribution in [0.15, 0.2) is 16.6 Å². The van der Waals surface area contributed by atoms with Crippen molar-refractivity contribution in [2.45, 2.75) is 19.3 Å². The molecule has 0 aliphatic rings. The van der Waals surface area contributed by atoms with Gasteiger partial charge in [0.15, 0.2) is 0 Å². The SMILES string of the molecule is CN(C)C(=O)CCCC#Cc1cc(F)c(Br)cc1F. The Balaban J connectivity index is 2.55. The summed E-state index contributed by atoms with van der Waals surface area (Å²) in [5, 5.41) is 0. The molecule has 0 bridgehead atoms. The van der Waals surface area contributed by atoms with Crippen LogP contribution in [-0.4, -0.2) is 24.9 Å². The van der Waals surface area contributed by atoms with Crippen LogP contribution >= 0.6 is 15.9 Å². The molecule has 2 nitrogen and oxygen atoms in total. The van der Waals surface area contributed by atoms with Gasteiger partial charge in [0.2, 0.25) is 5.91 Å². The average molecular weight is 330 g/mol. The number of carbonyl (C=O) groups is 1. The van der Waals surface area contributed by atoms with E-state index in [9.17, 15) is 13.6 Å². The van der Waals surface area contributed by atoms with Crippen molar-refractivity contribution >= 4 is 21.8 Å². The van der Waals surface area contributed by atoms with Gasteiger partial charge in [-0.1, -0.05) is 11.8 Å². The lowest BCUT2D eigenvalue weighted by Crippen LogP contribution is -2.20. The van der Waals surface area contributed by atoms with Gasteiger partial charge < -0.3 is 4.90 Å². The van der Waals surface area contributed by atoms with Crippen LogP contribution in [0.3, 0.4) is 0 Å². The fourth-order valence-electron chi connectivity index (χ4n) is 1.33. The summed E-state index contributed by atoms with van der Waals surface area (Å²) in [7, 11) is 3.38. The summed E-state index contributed by atoms with van der Waals surface area (Å²) in [4.78, 5) is 12.8. The number of hydrogen-bond acceptors (Lipinski definition) is 1. The Hall–Kier alpha value is -1.41. The van der Waals surface area contributed by atoms with Crippen LogP contribution in [0.2, 0.25) is 0 Å². The molecule has 1 aromatic carbocycles. The van der Waals surface area contributed by atoms with Crippen molar-refractivity contribution in [3.05, 3.63) is 33.8 Å². The Morgan fingerprint density at radius 1 is 1.32 bits per heavy atom. The van der Waals surface area contributed by atoms with Gasteiger partial charge in [0.25, 0.3) is 0 Å². The Morgan fingerprint density at radius 3 is 2.63 bits per heavy atom. The van der Waals surface area contributed by atoms with Crippen molar-refractivity contribution in [1.82, 2.24) is 4.90 Å². The van der Waals surface area contributed by atoms with Gasteiger partial charge >= 0.3 is 0 Å². The maximum absolute atomic E-state index is 13.4. The molecule has 0 unspecified atom stereocenters. The lowest BCUT2D eigenvalue weighted by molar-refractivity contribution is -0.128. The van der Waals surface area contributed by atoms with Crippen LogP contribution in [0.4, 0.5) is 8.78 Å². The minimum atomic E-state index is -0.565. The number of nitrogens with zero attached hydrogens (tertiary/aromatic N) is 1. The number of benzene rings is 1. The molecule has 102 valence electrons. The quantitative estimate of drug-likeness (QED) is 0.473. The zero-order chi connectivity index (χ0) is 14.4. The fourth-order valence-corrected chi connectivity index (χ4v) is 1.64. The van der Waals surface area contributed by atoms with Crippen molar-refractivity contribution < 1.29 is 13.6 Å². The summed E-state index contributed by atoms with van der Waals surface area (Å²) in [6, 6.07) is 2.10. The second kappa shape index (κ2) is 7.25. The van der Waals surface area contributed by atoms with E-state index in [2.05, 4.69) is 27.8 Å². The van der Waals surface area contributed by atoms with E-state index in [0.29, 0.717) is 19.3 Å². The molecule has 5 heteroatoms. The minimum absolute atomic E-state index is 0.0274. The first-order valence-corrected chi connectivity index (χ1v) is 6.54. The number of unbranched alkanes of at least 4 members (excludes halogenated alkanes) is 1. The molecule has 0 spiro atoms. The van der Waals surface area contributed by atoms with E-state index in [0.717, 1.165) is 12.1 Å². The third kappa shape index (κ3) is 4.99.